The topological polar surface area (TPSA) is 44.8 Å². The normalized spacial score (nSPS) is 16.6. The van der Waals surface area contributed by atoms with Crippen LogP contribution in [0.4, 0.5) is 0 Å². The van der Waals surface area contributed by atoms with Gasteiger partial charge < -0.3 is 14.0 Å². The lowest BCUT2D eigenvalue weighted by Crippen LogP contribution is -2.34. The van der Waals surface area contributed by atoms with Crippen molar-refractivity contribution in [3.8, 4) is 0 Å². The molecule has 0 bridgehead atoms. The molecular formula is C18H29BO4. The molecule has 0 saturated carbocycles. The molecule has 0 amide bonds. The Morgan fingerprint density at radius 2 is 1.74 bits per heavy atom. The van der Waals surface area contributed by atoms with Crippen LogP contribution in [0, 0.1) is 0 Å². The van der Waals surface area contributed by atoms with Crippen LogP contribution in [0.2, 0.25) is 0 Å². The van der Waals surface area contributed by atoms with Crippen molar-refractivity contribution in [1.82, 2.24) is 0 Å². The van der Waals surface area contributed by atoms with Crippen molar-refractivity contribution in [2.24, 2.45) is 0 Å². The largest absolute Gasteiger partial charge is 0.494 e. The Hall–Kier alpha value is -1.33. The van der Waals surface area contributed by atoms with E-state index in [0.29, 0.717) is 12.2 Å². The van der Waals surface area contributed by atoms with Crippen LogP contribution in [0.3, 0.4) is 0 Å². The fraction of sp³-hybridized carbons (Fsp3) is 0.611. The molecule has 1 aromatic rings. The van der Waals surface area contributed by atoms with Gasteiger partial charge >= 0.3 is 13.1 Å². The van der Waals surface area contributed by atoms with Crippen molar-refractivity contribution in [2.75, 3.05) is 6.61 Å². The van der Waals surface area contributed by atoms with E-state index < -0.39 is 5.60 Å². The molecule has 0 aliphatic carbocycles. The summed E-state index contributed by atoms with van der Waals surface area (Å²) in [4.78, 5) is 11.9. The first-order valence-electron chi connectivity index (χ1n) is 8.20. The Kier molecular flexibility index (Phi) is 6.84. The summed E-state index contributed by atoms with van der Waals surface area (Å²) in [6.07, 6.45) is 1.25. The highest BCUT2D eigenvalue weighted by molar-refractivity contribution is 6.61. The minimum atomic E-state index is -0.489. The van der Waals surface area contributed by atoms with Gasteiger partial charge in [0.05, 0.1) is 17.8 Å². The van der Waals surface area contributed by atoms with E-state index in [-0.39, 0.29) is 18.7 Å². The average molecular weight is 320 g/mol. The molecule has 5 heteroatoms. The van der Waals surface area contributed by atoms with Gasteiger partial charge in [-0.1, -0.05) is 32.4 Å². The second-order valence-electron chi connectivity index (χ2n) is 7.35. The molecule has 2 rings (SSSR count). The number of ether oxygens (including phenoxy) is 1. The summed E-state index contributed by atoms with van der Waals surface area (Å²) in [5.74, 6) is -0.322. The zero-order valence-electron chi connectivity index (χ0n) is 15.4. The third-order valence-electron chi connectivity index (χ3n) is 2.83. The molecule has 1 heterocycles. The minimum absolute atomic E-state index is 0.269. The van der Waals surface area contributed by atoms with Gasteiger partial charge in [-0.15, -0.1) is 0 Å². The lowest BCUT2D eigenvalue weighted by Gasteiger charge is -2.19. The molecule has 128 valence electrons. The third kappa shape index (κ3) is 6.75. The summed E-state index contributed by atoms with van der Waals surface area (Å²) >= 11 is 0. The van der Waals surface area contributed by atoms with Crippen LogP contribution in [-0.4, -0.2) is 30.9 Å². The van der Waals surface area contributed by atoms with E-state index in [2.05, 4.69) is 13.8 Å². The molecule has 0 N–H and O–H groups in total. The van der Waals surface area contributed by atoms with Crippen molar-refractivity contribution in [3.05, 3.63) is 29.8 Å². The second kappa shape index (κ2) is 7.98. The van der Waals surface area contributed by atoms with Crippen LogP contribution in [0.5, 0.6) is 0 Å². The first-order chi connectivity index (χ1) is 10.6. The molecule has 1 aliphatic heterocycles. The molecule has 0 unspecified atom stereocenters. The van der Waals surface area contributed by atoms with E-state index in [1.54, 1.807) is 12.1 Å². The maximum absolute atomic E-state index is 11.9. The smallest absolute Gasteiger partial charge is 0.456 e. The first-order valence-corrected chi connectivity index (χ1v) is 8.20. The van der Waals surface area contributed by atoms with Gasteiger partial charge in [-0.25, -0.2) is 4.79 Å². The molecule has 0 spiro atoms. The van der Waals surface area contributed by atoms with Crippen LogP contribution in [0.25, 0.3) is 0 Å². The van der Waals surface area contributed by atoms with Gasteiger partial charge in [-0.3, -0.25) is 0 Å². The number of hydrogen-bond donors (Lipinski definition) is 0. The van der Waals surface area contributed by atoms with Crippen LogP contribution >= 0.6 is 0 Å². The van der Waals surface area contributed by atoms with Crippen LogP contribution in [-0.2, 0) is 14.0 Å². The summed E-state index contributed by atoms with van der Waals surface area (Å²) in [6.45, 7) is 14.3. The van der Waals surface area contributed by atoms with E-state index in [0.717, 1.165) is 5.46 Å². The summed E-state index contributed by atoms with van der Waals surface area (Å²) in [5, 5.41) is 0. The monoisotopic (exact) mass is 320 g/mol. The van der Waals surface area contributed by atoms with Crippen molar-refractivity contribution in [2.45, 2.75) is 66.1 Å². The maximum atomic E-state index is 11.9. The summed E-state index contributed by atoms with van der Waals surface area (Å²) < 4.78 is 16.7. The highest BCUT2D eigenvalue weighted by Gasteiger charge is 2.38. The standard InChI is InChI=1S/C15H21BO4.C3H8/c1-14(2,3)19-13(17)11-6-8-12(9-7-11)16-18-10-15(4,5)20-16;1-3-2/h6-9H,10H2,1-5H3;3H2,1-2H3. The Morgan fingerprint density at radius 1 is 1.22 bits per heavy atom. The quantitative estimate of drug-likeness (QED) is 0.617. The molecule has 4 nitrogen and oxygen atoms in total. The molecule has 1 aliphatic rings. The second-order valence-corrected chi connectivity index (χ2v) is 7.35. The number of benzene rings is 1. The van der Waals surface area contributed by atoms with E-state index in [9.17, 15) is 4.79 Å². The molecule has 1 saturated heterocycles. The zero-order chi connectivity index (χ0) is 17.7. The van der Waals surface area contributed by atoms with E-state index in [1.165, 1.54) is 6.42 Å². The summed E-state index contributed by atoms with van der Waals surface area (Å²) in [6, 6.07) is 7.15. The first kappa shape index (κ1) is 19.7. The van der Waals surface area contributed by atoms with Gasteiger partial charge in [0.25, 0.3) is 0 Å². The van der Waals surface area contributed by atoms with Crippen molar-refractivity contribution in [1.29, 1.82) is 0 Å². The molecule has 23 heavy (non-hydrogen) atoms. The van der Waals surface area contributed by atoms with Crippen molar-refractivity contribution >= 4 is 18.6 Å². The minimum Gasteiger partial charge on any atom is -0.456 e. The number of carbonyl (C=O) groups is 1. The predicted molar refractivity (Wildman–Crippen MR) is 94.1 cm³/mol. The molecular weight excluding hydrogens is 291 g/mol. The lowest BCUT2D eigenvalue weighted by atomic mass is 9.79. The number of carbonyl (C=O) groups excluding carboxylic acids is 1. The summed E-state index contributed by atoms with van der Waals surface area (Å²) in [5.41, 5.74) is 0.676. The van der Waals surface area contributed by atoms with Gasteiger partial charge in [-0.05, 0) is 52.2 Å². The van der Waals surface area contributed by atoms with E-state index in [1.807, 2.05) is 46.8 Å². The highest BCUT2D eigenvalue weighted by atomic mass is 16.7. The molecule has 0 aromatic heterocycles. The fourth-order valence-electron chi connectivity index (χ4n) is 1.91. The van der Waals surface area contributed by atoms with Crippen LogP contribution in [0.1, 0.15) is 65.2 Å². The summed E-state index contributed by atoms with van der Waals surface area (Å²) in [7, 11) is -0.363. The predicted octanol–water partition coefficient (Wildman–Crippen LogP) is 3.58. The van der Waals surface area contributed by atoms with Crippen molar-refractivity contribution < 1.29 is 18.8 Å². The molecule has 1 fully saturated rings. The maximum Gasteiger partial charge on any atom is 0.494 e. The van der Waals surface area contributed by atoms with Gasteiger partial charge in [-0.2, -0.15) is 0 Å². The molecule has 0 atom stereocenters. The fourth-order valence-corrected chi connectivity index (χ4v) is 1.91. The average Bonchev–Trinajstić information content (AvgIpc) is 2.78. The number of rotatable bonds is 2. The Morgan fingerprint density at radius 3 is 2.13 bits per heavy atom. The third-order valence-corrected chi connectivity index (χ3v) is 2.83. The lowest BCUT2D eigenvalue weighted by molar-refractivity contribution is 0.00695. The Balaban J connectivity index is 0.000000816. The van der Waals surface area contributed by atoms with Gasteiger partial charge in [0.1, 0.15) is 5.60 Å². The molecule has 0 radical (unpaired) electrons. The van der Waals surface area contributed by atoms with E-state index >= 15 is 0 Å². The van der Waals surface area contributed by atoms with Gasteiger partial charge in [0.2, 0.25) is 0 Å². The molecule has 1 aromatic carbocycles. The zero-order valence-corrected chi connectivity index (χ0v) is 15.4. The Labute approximate surface area is 140 Å². The van der Waals surface area contributed by atoms with Crippen LogP contribution in [0.15, 0.2) is 24.3 Å². The van der Waals surface area contributed by atoms with Gasteiger partial charge in [0.15, 0.2) is 0 Å². The number of hydrogen-bond acceptors (Lipinski definition) is 4. The highest BCUT2D eigenvalue weighted by Crippen LogP contribution is 2.19. The van der Waals surface area contributed by atoms with E-state index in [4.69, 9.17) is 14.0 Å². The Bertz CT molecular complexity index is 503. The SMILES string of the molecule is CC(C)(C)OC(=O)c1ccc(B2OCC(C)(C)O2)cc1.CCC. The number of esters is 1. The van der Waals surface area contributed by atoms with Crippen LogP contribution < -0.4 is 5.46 Å². The van der Waals surface area contributed by atoms with Gasteiger partial charge in [0, 0.05) is 0 Å². The van der Waals surface area contributed by atoms with Crippen molar-refractivity contribution in [3.63, 3.8) is 0 Å².